The third kappa shape index (κ3) is 3.32. The van der Waals surface area contributed by atoms with Crippen LogP contribution in [0.5, 0.6) is 0 Å². The van der Waals surface area contributed by atoms with Gasteiger partial charge in [0.2, 0.25) is 0 Å². The lowest BCUT2D eigenvalue weighted by atomic mass is 10.1. The van der Waals surface area contributed by atoms with E-state index in [1.807, 2.05) is 47.4 Å². The summed E-state index contributed by atoms with van der Waals surface area (Å²) in [6.07, 6.45) is 6.93. The third-order valence-electron chi connectivity index (χ3n) is 5.66. The Morgan fingerprint density at radius 2 is 2.10 bits per heavy atom. The molecule has 152 valence electrons. The van der Waals surface area contributed by atoms with E-state index in [1.165, 1.54) is 5.56 Å². The first kappa shape index (κ1) is 18.4. The zero-order valence-electron chi connectivity index (χ0n) is 16.8. The van der Waals surface area contributed by atoms with Crippen molar-refractivity contribution in [2.45, 2.75) is 25.8 Å². The van der Waals surface area contributed by atoms with Crippen molar-refractivity contribution in [1.29, 1.82) is 0 Å². The molecule has 1 aliphatic rings. The fourth-order valence-electron chi connectivity index (χ4n) is 4.03. The smallest absolute Gasteiger partial charge is 0.321 e. The van der Waals surface area contributed by atoms with Crippen molar-refractivity contribution in [3.8, 4) is 11.4 Å². The molecule has 0 saturated carbocycles. The van der Waals surface area contributed by atoms with E-state index in [1.54, 1.807) is 18.7 Å². The highest BCUT2D eigenvalue weighted by molar-refractivity contribution is 5.89. The minimum Gasteiger partial charge on any atom is -0.472 e. The number of hydrogen-bond donors (Lipinski definition) is 1. The second-order valence-electron chi connectivity index (χ2n) is 7.53. The number of fused-ring (bicyclic) bond motifs is 1. The fraction of sp³-hybridized carbons (Fsp3) is 0.261. The lowest BCUT2D eigenvalue weighted by Crippen LogP contribution is -2.33. The first-order valence-corrected chi connectivity index (χ1v) is 10.2. The topological polar surface area (TPSA) is 76.2 Å². The van der Waals surface area contributed by atoms with Crippen molar-refractivity contribution in [3.05, 3.63) is 66.8 Å². The Balaban J connectivity index is 1.38. The van der Waals surface area contributed by atoms with Crippen LogP contribution in [0.2, 0.25) is 0 Å². The highest BCUT2D eigenvalue weighted by Gasteiger charge is 2.31. The number of pyridine rings is 1. The summed E-state index contributed by atoms with van der Waals surface area (Å²) in [6.45, 7) is 3.40. The number of likely N-dealkylation sites (tertiary alicyclic amines) is 1. The third-order valence-corrected chi connectivity index (χ3v) is 5.66. The van der Waals surface area contributed by atoms with E-state index in [-0.39, 0.29) is 12.1 Å². The predicted molar refractivity (Wildman–Crippen MR) is 115 cm³/mol. The van der Waals surface area contributed by atoms with Crippen molar-refractivity contribution >= 4 is 22.9 Å². The molecular formula is C23H23N5O2. The van der Waals surface area contributed by atoms with Crippen molar-refractivity contribution in [2.24, 2.45) is 0 Å². The van der Waals surface area contributed by atoms with E-state index in [9.17, 15) is 4.79 Å². The maximum absolute atomic E-state index is 12.8. The van der Waals surface area contributed by atoms with E-state index >= 15 is 0 Å². The van der Waals surface area contributed by atoms with Gasteiger partial charge in [-0.05, 0) is 48.7 Å². The van der Waals surface area contributed by atoms with Crippen LogP contribution in [0.25, 0.3) is 22.6 Å². The van der Waals surface area contributed by atoms with Gasteiger partial charge in [0, 0.05) is 25.0 Å². The van der Waals surface area contributed by atoms with Gasteiger partial charge in [0.1, 0.15) is 17.6 Å². The molecule has 1 aromatic carbocycles. The number of benzene rings is 1. The lowest BCUT2D eigenvalue weighted by Gasteiger charge is -2.19. The second kappa shape index (κ2) is 7.67. The summed E-state index contributed by atoms with van der Waals surface area (Å²) in [5.41, 5.74) is 4.64. The van der Waals surface area contributed by atoms with Crippen LogP contribution in [0.15, 0.2) is 65.6 Å². The van der Waals surface area contributed by atoms with Crippen LogP contribution in [0.4, 0.5) is 10.5 Å². The minimum atomic E-state index is -0.0796. The van der Waals surface area contributed by atoms with Crippen LogP contribution in [0.1, 0.15) is 24.9 Å². The van der Waals surface area contributed by atoms with Gasteiger partial charge in [0.25, 0.3) is 0 Å². The SMILES string of the molecule is CCc1ccc(NC(=O)N2CC[C@@H](n3c(-c4ccoc4)nc4cccnc43)C2)cc1. The number of nitrogens with zero attached hydrogens (tertiary/aromatic N) is 4. The van der Waals surface area contributed by atoms with Gasteiger partial charge in [-0.3, -0.25) is 0 Å². The molecule has 7 nitrogen and oxygen atoms in total. The standard InChI is InChI=1S/C23H23N5O2/c1-2-16-5-7-18(8-6-16)25-23(29)27-12-9-19(14-27)28-21(17-10-13-30-15-17)26-20-4-3-11-24-22(20)28/h3-8,10-11,13,15,19H,2,9,12,14H2,1H3,(H,25,29)/t19-/m1/s1. The number of amides is 2. The number of rotatable bonds is 4. The molecule has 7 heteroatoms. The van der Waals surface area contributed by atoms with E-state index < -0.39 is 0 Å². The van der Waals surface area contributed by atoms with Crippen LogP contribution in [0.3, 0.4) is 0 Å². The number of hydrogen-bond acceptors (Lipinski definition) is 4. The number of aryl methyl sites for hydroxylation is 1. The number of carbonyl (C=O) groups excluding carboxylic acids is 1. The van der Waals surface area contributed by atoms with Gasteiger partial charge in [-0.25, -0.2) is 14.8 Å². The lowest BCUT2D eigenvalue weighted by molar-refractivity contribution is 0.221. The van der Waals surface area contributed by atoms with Crippen LogP contribution >= 0.6 is 0 Å². The summed E-state index contributed by atoms with van der Waals surface area (Å²) in [7, 11) is 0. The number of imidazole rings is 1. The molecule has 4 heterocycles. The largest absolute Gasteiger partial charge is 0.472 e. The Hall–Kier alpha value is -3.61. The van der Waals surface area contributed by atoms with Crippen molar-refractivity contribution in [1.82, 2.24) is 19.4 Å². The molecule has 0 aliphatic carbocycles. The van der Waals surface area contributed by atoms with E-state index in [2.05, 4.69) is 21.8 Å². The van der Waals surface area contributed by atoms with Gasteiger partial charge in [-0.2, -0.15) is 0 Å². The van der Waals surface area contributed by atoms with Gasteiger partial charge in [-0.15, -0.1) is 0 Å². The van der Waals surface area contributed by atoms with Gasteiger partial charge in [0.05, 0.1) is 17.9 Å². The molecule has 1 atom stereocenters. The first-order chi connectivity index (χ1) is 14.7. The summed E-state index contributed by atoms with van der Waals surface area (Å²) >= 11 is 0. The Labute approximate surface area is 174 Å². The Morgan fingerprint density at radius 1 is 1.23 bits per heavy atom. The summed E-state index contributed by atoms with van der Waals surface area (Å²) < 4.78 is 7.42. The average Bonchev–Trinajstić information content (AvgIpc) is 3.52. The Kier molecular flexibility index (Phi) is 4.71. The summed E-state index contributed by atoms with van der Waals surface area (Å²) in [4.78, 5) is 24.0. The van der Waals surface area contributed by atoms with Gasteiger partial charge in [-0.1, -0.05) is 19.1 Å². The molecule has 0 spiro atoms. The first-order valence-electron chi connectivity index (χ1n) is 10.2. The van der Waals surface area contributed by atoms with Crippen LogP contribution in [-0.2, 0) is 6.42 Å². The van der Waals surface area contributed by atoms with Crippen molar-refractivity contribution in [3.63, 3.8) is 0 Å². The average molecular weight is 401 g/mol. The highest BCUT2D eigenvalue weighted by atomic mass is 16.3. The quantitative estimate of drug-likeness (QED) is 0.536. The number of aromatic nitrogens is 3. The summed E-state index contributed by atoms with van der Waals surface area (Å²) in [5, 5.41) is 3.01. The number of anilines is 1. The van der Waals surface area contributed by atoms with E-state index in [0.717, 1.165) is 41.1 Å². The molecule has 1 saturated heterocycles. The molecule has 2 amide bonds. The van der Waals surface area contributed by atoms with Crippen LogP contribution in [-0.4, -0.2) is 38.6 Å². The number of furan rings is 1. The zero-order chi connectivity index (χ0) is 20.5. The predicted octanol–water partition coefficient (Wildman–Crippen LogP) is 4.73. The number of carbonyl (C=O) groups is 1. The van der Waals surface area contributed by atoms with Crippen molar-refractivity contribution < 1.29 is 9.21 Å². The minimum absolute atomic E-state index is 0.0796. The monoisotopic (exact) mass is 401 g/mol. The van der Waals surface area contributed by atoms with Gasteiger partial charge in [0.15, 0.2) is 5.65 Å². The maximum Gasteiger partial charge on any atom is 0.321 e. The van der Waals surface area contributed by atoms with E-state index in [4.69, 9.17) is 9.40 Å². The molecule has 0 unspecified atom stereocenters. The molecule has 0 radical (unpaired) electrons. The fourth-order valence-corrected chi connectivity index (χ4v) is 4.03. The number of urea groups is 1. The molecule has 30 heavy (non-hydrogen) atoms. The molecule has 4 aromatic rings. The molecule has 1 aliphatic heterocycles. The molecule has 5 rings (SSSR count). The number of nitrogens with one attached hydrogen (secondary N) is 1. The summed E-state index contributed by atoms with van der Waals surface area (Å²) in [5.74, 6) is 0.819. The van der Waals surface area contributed by atoms with Gasteiger partial charge < -0.3 is 19.2 Å². The normalized spacial score (nSPS) is 16.3. The highest BCUT2D eigenvalue weighted by Crippen LogP contribution is 2.32. The molecule has 1 N–H and O–H groups in total. The second-order valence-corrected chi connectivity index (χ2v) is 7.53. The Bertz CT molecular complexity index is 1160. The Morgan fingerprint density at radius 3 is 2.87 bits per heavy atom. The van der Waals surface area contributed by atoms with E-state index in [0.29, 0.717) is 13.1 Å². The van der Waals surface area contributed by atoms with Crippen LogP contribution < -0.4 is 5.32 Å². The maximum atomic E-state index is 12.8. The zero-order valence-corrected chi connectivity index (χ0v) is 16.8. The van der Waals surface area contributed by atoms with Gasteiger partial charge >= 0.3 is 6.03 Å². The molecule has 0 bridgehead atoms. The van der Waals surface area contributed by atoms with Crippen molar-refractivity contribution in [2.75, 3.05) is 18.4 Å². The molecule has 3 aromatic heterocycles. The van der Waals surface area contributed by atoms with Crippen LogP contribution in [0, 0.1) is 0 Å². The molecule has 1 fully saturated rings. The summed E-state index contributed by atoms with van der Waals surface area (Å²) in [6, 6.07) is 13.8. The molecular weight excluding hydrogens is 378 g/mol.